The van der Waals surface area contributed by atoms with E-state index in [2.05, 4.69) is 0 Å². The molecular formula is C34H42O21. The number of rotatable bonds is 10. The van der Waals surface area contributed by atoms with Gasteiger partial charge < -0.3 is 98.9 Å². The van der Waals surface area contributed by atoms with Gasteiger partial charge in [0.25, 0.3) is 0 Å². The average Bonchev–Trinajstić information content (AvgIpc) is 3.15. The fourth-order valence-corrected chi connectivity index (χ4v) is 6.46. The first-order valence-electron chi connectivity index (χ1n) is 16.9. The minimum atomic E-state index is -2.04. The van der Waals surface area contributed by atoms with Crippen LogP contribution >= 0.6 is 0 Å². The van der Waals surface area contributed by atoms with E-state index in [-0.39, 0.29) is 28.4 Å². The molecule has 3 aliphatic heterocycles. The number of aliphatic hydroxyl groups excluding tert-OH is 9. The first kappa shape index (κ1) is 40.7. The number of aliphatic hydroxyl groups is 9. The van der Waals surface area contributed by atoms with Crippen molar-refractivity contribution in [3.05, 3.63) is 40.6 Å². The van der Waals surface area contributed by atoms with Gasteiger partial charge in [0.2, 0.25) is 17.5 Å². The summed E-state index contributed by atoms with van der Waals surface area (Å²) in [6, 6.07) is 5.69. The van der Waals surface area contributed by atoms with Crippen molar-refractivity contribution in [1.82, 2.24) is 0 Å². The van der Waals surface area contributed by atoms with Crippen LogP contribution in [0.1, 0.15) is 6.92 Å². The molecule has 15 atom stereocenters. The third kappa shape index (κ3) is 7.77. The third-order valence-corrected chi connectivity index (χ3v) is 9.61. The Morgan fingerprint density at radius 1 is 0.709 bits per heavy atom. The Hall–Kier alpha value is -3.91. The van der Waals surface area contributed by atoms with Gasteiger partial charge in [0, 0.05) is 17.7 Å². The molecule has 0 saturated carbocycles. The summed E-state index contributed by atoms with van der Waals surface area (Å²) in [4.78, 5) is 13.9. The van der Waals surface area contributed by atoms with E-state index in [1.165, 1.54) is 32.2 Å². The largest absolute Gasteiger partial charge is 0.508 e. The van der Waals surface area contributed by atoms with Gasteiger partial charge in [-0.1, -0.05) is 0 Å². The fraction of sp³-hybridized carbons (Fsp3) is 0.559. The summed E-state index contributed by atoms with van der Waals surface area (Å²) in [5.74, 6) is -2.55. The van der Waals surface area contributed by atoms with Crippen LogP contribution in [-0.4, -0.2) is 174 Å². The minimum Gasteiger partial charge on any atom is -0.508 e. The Morgan fingerprint density at radius 3 is 2.04 bits per heavy atom. The van der Waals surface area contributed by atoms with E-state index in [1.807, 2.05) is 0 Å². The number of phenolic OH excluding ortho intramolecular Hbond substituents is 3. The van der Waals surface area contributed by atoms with Crippen molar-refractivity contribution >= 4 is 11.0 Å². The Morgan fingerprint density at radius 2 is 1.36 bits per heavy atom. The Labute approximate surface area is 309 Å². The van der Waals surface area contributed by atoms with Gasteiger partial charge >= 0.3 is 0 Å². The zero-order valence-electron chi connectivity index (χ0n) is 29.0. The molecule has 0 spiro atoms. The number of fused-ring (bicyclic) bond motifs is 1. The van der Waals surface area contributed by atoms with Gasteiger partial charge in [0.15, 0.2) is 29.8 Å². The molecule has 6 rings (SSSR count). The molecule has 0 aliphatic carbocycles. The predicted octanol–water partition coefficient (Wildman–Crippen LogP) is -3.56. The highest BCUT2D eigenvalue weighted by Crippen LogP contribution is 2.40. The van der Waals surface area contributed by atoms with Crippen molar-refractivity contribution in [3.8, 4) is 40.1 Å². The van der Waals surface area contributed by atoms with Gasteiger partial charge in [0.05, 0.1) is 26.4 Å². The quantitative estimate of drug-likeness (QED) is 0.0946. The van der Waals surface area contributed by atoms with Crippen LogP contribution in [0.4, 0.5) is 0 Å². The van der Waals surface area contributed by atoms with Crippen LogP contribution in [-0.2, 0) is 23.7 Å². The van der Waals surface area contributed by atoms with E-state index in [0.717, 1.165) is 12.1 Å². The molecule has 0 radical (unpaired) electrons. The van der Waals surface area contributed by atoms with E-state index in [9.17, 15) is 66.1 Å². The summed E-state index contributed by atoms with van der Waals surface area (Å²) in [5, 5.41) is 125. The second-order valence-corrected chi connectivity index (χ2v) is 13.3. The molecule has 4 heterocycles. The lowest BCUT2D eigenvalue weighted by Crippen LogP contribution is -2.64. The molecule has 0 bridgehead atoms. The number of hydrogen-bond acceptors (Lipinski definition) is 21. The average molecular weight is 787 g/mol. The van der Waals surface area contributed by atoms with Gasteiger partial charge in [-0.25, -0.2) is 0 Å². The standard InChI is InChI=1S/C34H42O21/c1-10-20(39)26(45)31(55-32-27(46)24(43)21(40)17(8-35)52-32)34(50-10)49-9-18-22(41)25(44)28(47)33(53-18)54-30-23(42)19-14(38)6-12(36)7-16(19)51-29(30)11-3-4-13(37)15(5-11)48-2/h3-7,10,17-18,20-22,24-28,31-41,43-47H,8-9H2,1-2H3/t10-,17-,18-,20-,21-,22-,24-,25-,26-,27-,28-,31+,32-,33-,34+/m0/s1. The minimum absolute atomic E-state index is 0.0552. The lowest BCUT2D eigenvalue weighted by atomic mass is 9.97. The smallest absolute Gasteiger partial charge is 0.239 e. The van der Waals surface area contributed by atoms with E-state index < -0.39 is 133 Å². The van der Waals surface area contributed by atoms with E-state index in [0.29, 0.717) is 0 Å². The summed E-state index contributed by atoms with van der Waals surface area (Å²) in [5.41, 5.74) is -1.26. The maximum absolute atomic E-state index is 13.9. The number of hydrogen-bond donors (Lipinski definition) is 12. The molecule has 2 aromatic carbocycles. The molecule has 12 N–H and O–H groups in total. The lowest BCUT2D eigenvalue weighted by Gasteiger charge is -2.46. The molecule has 1 aromatic heterocycles. The highest BCUT2D eigenvalue weighted by molar-refractivity contribution is 5.88. The van der Waals surface area contributed by atoms with Crippen molar-refractivity contribution in [3.63, 3.8) is 0 Å². The number of methoxy groups -OCH3 is 1. The molecular weight excluding hydrogens is 744 g/mol. The Kier molecular flexibility index (Phi) is 12.1. The summed E-state index contributed by atoms with van der Waals surface area (Å²) < 4.78 is 45.0. The van der Waals surface area contributed by atoms with Gasteiger partial charge in [-0.15, -0.1) is 0 Å². The third-order valence-electron chi connectivity index (χ3n) is 9.61. The number of aromatic hydroxyl groups is 3. The van der Waals surface area contributed by atoms with E-state index >= 15 is 0 Å². The summed E-state index contributed by atoms with van der Waals surface area (Å²) >= 11 is 0. The molecule has 0 unspecified atom stereocenters. The second-order valence-electron chi connectivity index (χ2n) is 13.3. The summed E-state index contributed by atoms with van der Waals surface area (Å²) in [7, 11) is 1.26. The van der Waals surface area contributed by atoms with Gasteiger partial charge in [-0.05, 0) is 25.1 Å². The van der Waals surface area contributed by atoms with Crippen molar-refractivity contribution in [2.24, 2.45) is 0 Å². The van der Waals surface area contributed by atoms with Crippen LogP contribution in [0.3, 0.4) is 0 Å². The Balaban J connectivity index is 1.28. The zero-order chi connectivity index (χ0) is 40.0. The molecule has 21 nitrogen and oxygen atoms in total. The first-order valence-corrected chi connectivity index (χ1v) is 16.9. The van der Waals surface area contributed by atoms with Gasteiger partial charge in [-0.3, -0.25) is 4.79 Å². The van der Waals surface area contributed by atoms with Crippen LogP contribution in [0.2, 0.25) is 0 Å². The molecule has 55 heavy (non-hydrogen) atoms. The van der Waals surface area contributed by atoms with Crippen LogP contribution in [0.5, 0.6) is 28.7 Å². The highest BCUT2D eigenvalue weighted by Gasteiger charge is 2.51. The summed E-state index contributed by atoms with van der Waals surface area (Å²) in [6.45, 7) is -0.146. The van der Waals surface area contributed by atoms with Crippen LogP contribution in [0.15, 0.2) is 39.5 Å². The van der Waals surface area contributed by atoms with Crippen LogP contribution in [0.25, 0.3) is 22.3 Å². The maximum atomic E-state index is 13.9. The topological polar surface area (TPSA) is 338 Å². The summed E-state index contributed by atoms with van der Waals surface area (Å²) in [6.07, 6.45) is -26.0. The first-order chi connectivity index (χ1) is 26.1. The molecule has 3 aromatic rings. The monoisotopic (exact) mass is 786 g/mol. The number of ether oxygens (including phenoxy) is 7. The lowest BCUT2D eigenvalue weighted by molar-refractivity contribution is -0.369. The number of benzene rings is 2. The molecule has 3 saturated heterocycles. The Bertz CT molecular complexity index is 1870. The van der Waals surface area contributed by atoms with Crippen molar-refractivity contribution in [2.45, 2.75) is 99.0 Å². The normalized spacial score (nSPS) is 36.8. The van der Waals surface area contributed by atoms with Gasteiger partial charge in [-0.2, -0.15) is 0 Å². The molecule has 0 amide bonds. The second kappa shape index (κ2) is 16.3. The molecule has 3 aliphatic rings. The highest BCUT2D eigenvalue weighted by atomic mass is 16.8. The van der Waals surface area contributed by atoms with Crippen molar-refractivity contribution in [2.75, 3.05) is 20.3 Å². The van der Waals surface area contributed by atoms with Crippen LogP contribution < -0.4 is 14.9 Å². The van der Waals surface area contributed by atoms with Crippen molar-refractivity contribution in [1.29, 1.82) is 0 Å². The fourth-order valence-electron chi connectivity index (χ4n) is 6.46. The van der Waals surface area contributed by atoms with E-state index in [1.54, 1.807) is 0 Å². The molecule has 21 heteroatoms. The van der Waals surface area contributed by atoms with Gasteiger partial charge in [0.1, 0.15) is 89.6 Å². The van der Waals surface area contributed by atoms with Crippen LogP contribution in [0, 0.1) is 0 Å². The predicted molar refractivity (Wildman–Crippen MR) is 178 cm³/mol. The number of phenols is 3. The SMILES string of the molecule is COc1cc(-c2oc3cc(O)cc(O)c3c(=O)c2O[C@@H]2O[C@@H](CO[C@@H]3O[C@@H](C)[C@H](O)[C@H](O)[C@H]3O[C@@H]3O[C@@H](CO)[C@H](O)[C@H](O)[C@@H]3O)[C@H](O)[C@H](O)[C@@H]2O)ccc1O. The molecule has 3 fully saturated rings. The van der Waals surface area contributed by atoms with E-state index in [4.69, 9.17) is 37.6 Å². The molecule has 304 valence electrons. The zero-order valence-corrected chi connectivity index (χ0v) is 29.0. The van der Waals surface area contributed by atoms with Crippen molar-refractivity contribution < 1.29 is 98.9 Å². The maximum Gasteiger partial charge on any atom is 0.239 e.